The highest BCUT2D eigenvalue weighted by Gasteiger charge is 1.95. The molecule has 1 aromatic rings. The molecule has 0 aliphatic heterocycles. The number of ether oxygens (including phenoxy) is 1. The number of rotatable bonds is 6. The Morgan fingerprint density at radius 2 is 2.21 bits per heavy atom. The first kappa shape index (κ1) is 11.0. The molecule has 0 bridgehead atoms. The lowest BCUT2D eigenvalue weighted by Gasteiger charge is -2.04. The van der Waals surface area contributed by atoms with Crippen molar-refractivity contribution in [3.05, 3.63) is 23.9 Å². The minimum atomic E-state index is 0.0309. The van der Waals surface area contributed by atoms with Crippen LogP contribution in [-0.4, -0.2) is 16.7 Å². The first-order valence-electron chi connectivity index (χ1n) is 5.05. The minimum Gasteiger partial charge on any atom is -0.478 e. The van der Waals surface area contributed by atoms with E-state index in [0.29, 0.717) is 5.88 Å². The molecule has 0 radical (unpaired) electrons. The fourth-order valence-corrected chi connectivity index (χ4v) is 1.12. The molecule has 78 valence electrons. The summed E-state index contributed by atoms with van der Waals surface area (Å²) >= 11 is 0. The maximum absolute atomic E-state index is 8.79. The Bertz CT molecular complexity index is 246. The number of hydrogen-bond donors (Lipinski definition) is 1. The van der Waals surface area contributed by atoms with Gasteiger partial charge in [0.05, 0.1) is 13.2 Å². The maximum Gasteiger partial charge on any atom is 0.213 e. The van der Waals surface area contributed by atoms with Crippen LogP contribution in [0.25, 0.3) is 0 Å². The van der Waals surface area contributed by atoms with Gasteiger partial charge in [-0.3, -0.25) is 0 Å². The van der Waals surface area contributed by atoms with Crippen LogP contribution in [0.3, 0.4) is 0 Å². The summed E-state index contributed by atoms with van der Waals surface area (Å²) in [6.07, 6.45) is 5.09. The predicted octanol–water partition coefficient (Wildman–Crippen LogP) is 2.14. The highest BCUT2D eigenvalue weighted by atomic mass is 16.5. The number of aliphatic hydroxyl groups is 1. The standard InChI is InChI=1S/C11H17NO2/c1-2-3-4-7-14-11-6-5-10(9-13)8-12-11/h5-6,8,13H,2-4,7,9H2,1H3. The van der Waals surface area contributed by atoms with E-state index in [4.69, 9.17) is 9.84 Å². The third-order valence-corrected chi connectivity index (χ3v) is 1.98. The predicted molar refractivity (Wildman–Crippen MR) is 55.2 cm³/mol. The zero-order valence-corrected chi connectivity index (χ0v) is 8.57. The molecular weight excluding hydrogens is 178 g/mol. The van der Waals surface area contributed by atoms with Crippen molar-refractivity contribution in [3.63, 3.8) is 0 Å². The molecule has 1 N–H and O–H groups in total. The van der Waals surface area contributed by atoms with Crippen LogP contribution in [-0.2, 0) is 6.61 Å². The molecule has 0 aliphatic carbocycles. The normalized spacial score (nSPS) is 10.1. The number of aliphatic hydroxyl groups excluding tert-OH is 1. The average molecular weight is 195 g/mol. The Kier molecular flexibility index (Phi) is 5.00. The SMILES string of the molecule is CCCCCOc1ccc(CO)cn1. The second-order valence-electron chi connectivity index (χ2n) is 3.22. The van der Waals surface area contributed by atoms with Crippen LogP contribution in [0.5, 0.6) is 5.88 Å². The minimum absolute atomic E-state index is 0.0309. The second-order valence-corrected chi connectivity index (χ2v) is 3.22. The molecule has 1 rings (SSSR count). The molecule has 0 spiro atoms. The Morgan fingerprint density at radius 3 is 2.79 bits per heavy atom. The van der Waals surface area contributed by atoms with Crippen molar-refractivity contribution in [3.8, 4) is 5.88 Å². The van der Waals surface area contributed by atoms with Gasteiger partial charge >= 0.3 is 0 Å². The van der Waals surface area contributed by atoms with Crippen LogP contribution in [0.2, 0.25) is 0 Å². The van der Waals surface area contributed by atoms with Crippen molar-refractivity contribution < 1.29 is 9.84 Å². The Balaban J connectivity index is 2.29. The van der Waals surface area contributed by atoms with Gasteiger partial charge in [-0.1, -0.05) is 19.8 Å². The van der Waals surface area contributed by atoms with E-state index in [1.54, 1.807) is 12.3 Å². The van der Waals surface area contributed by atoms with Gasteiger partial charge in [-0.25, -0.2) is 4.98 Å². The highest BCUT2D eigenvalue weighted by molar-refractivity contribution is 5.16. The van der Waals surface area contributed by atoms with E-state index in [-0.39, 0.29) is 6.61 Å². The molecule has 0 saturated carbocycles. The second kappa shape index (κ2) is 6.38. The molecule has 1 heterocycles. The van der Waals surface area contributed by atoms with Crippen molar-refractivity contribution in [2.24, 2.45) is 0 Å². The Morgan fingerprint density at radius 1 is 1.36 bits per heavy atom. The van der Waals surface area contributed by atoms with Crippen LogP contribution < -0.4 is 4.74 Å². The molecule has 3 heteroatoms. The Labute approximate surface area is 84.7 Å². The van der Waals surface area contributed by atoms with E-state index in [1.165, 1.54) is 12.8 Å². The average Bonchev–Trinajstić information content (AvgIpc) is 2.25. The van der Waals surface area contributed by atoms with E-state index < -0.39 is 0 Å². The van der Waals surface area contributed by atoms with Gasteiger partial charge in [-0.15, -0.1) is 0 Å². The summed E-state index contributed by atoms with van der Waals surface area (Å²) in [6, 6.07) is 3.61. The first-order valence-corrected chi connectivity index (χ1v) is 5.05. The van der Waals surface area contributed by atoms with E-state index in [9.17, 15) is 0 Å². The number of unbranched alkanes of at least 4 members (excludes halogenated alkanes) is 2. The summed E-state index contributed by atoms with van der Waals surface area (Å²) in [7, 11) is 0. The molecule has 0 amide bonds. The zero-order chi connectivity index (χ0) is 10.2. The van der Waals surface area contributed by atoms with Crippen molar-refractivity contribution in [1.29, 1.82) is 0 Å². The summed E-state index contributed by atoms with van der Waals surface area (Å²) in [6.45, 7) is 2.91. The van der Waals surface area contributed by atoms with Gasteiger partial charge < -0.3 is 9.84 Å². The van der Waals surface area contributed by atoms with Gasteiger partial charge in [0.15, 0.2) is 0 Å². The van der Waals surface area contributed by atoms with Gasteiger partial charge in [-0.05, 0) is 18.1 Å². The fraction of sp³-hybridized carbons (Fsp3) is 0.545. The van der Waals surface area contributed by atoms with E-state index >= 15 is 0 Å². The molecule has 0 unspecified atom stereocenters. The zero-order valence-electron chi connectivity index (χ0n) is 8.57. The topological polar surface area (TPSA) is 42.4 Å². The van der Waals surface area contributed by atoms with Crippen LogP contribution in [0.4, 0.5) is 0 Å². The van der Waals surface area contributed by atoms with Crippen molar-refractivity contribution in [2.75, 3.05) is 6.61 Å². The molecule has 0 aliphatic rings. The van der Waals surface area contributed by atoms with E-state index in [1.807, 2.05) is 6.07 Å². The summed E-state index contributed by atoms with van der Waals surface area (Å²) in [5.74, 6) is 0.637. The maximum atomic E-state index is 8.79. The summed E-state index contributed by atoms with van der Waals surface area (Å²) in [4.78, 5) is 4.06. The first-order chi connectivity index (χ1) is 6.86. The quantitative estimate of drug-likeness (QED) is 0.707. The van der Waals surface area contributed by atoms with Gasteiger partial charge in [-0.2, -0.15) is 0 Å². The molecule has 0 atom stereocenters. The molecule has 14 heavy (non-hydrogen) atoms. The monoisotopic (exact) mass is 195 g/mol. The number of aromatic nitrogens is 1. The van der Waals surface area contributed by atoms with Gasteiger partial charge in [0.2, 0.25) is 5.88 Å². The molecule has 0 fully saturated rings. The molecular formula is C11H17NO2. The number of hydrogen-bond acceptors (Lipinski definition) is 3. The largest absolute Gasteiger partial charge is 0.478 e. The van der Waals surface area contributed by atoms with E-state index in [2.05, 4.69) is 11.9 Å². The van der Waals surface area contributed by atoms with Gasteiger partial charge in [0.1, 0.15) is 0 Å². The van der Waals surface area contributed by atoms with Crippen LogP contribution in [0.15, 0.2) is 18.3 Å². The van der Waals surface area contributed by atoms with Crippen LogP contribution >= 0.6 is 0 Å². The third-order valence-electron chi connectivity index (χ3n) is 1.98. The van der Waals surface area contributed by atoms with Crippen molar-refractivity contribution >= 4 is 0 Å². The van der Waals surface area contributed by atoms with Crippen molar-refractivity contribution in [2.45, 2.75) is 32.8 Å². The lowest BCUT2D eigenvalue weighted by atomic mass is 10.3. The molecule has 0 aromatic carbocycles. The lowest BCUT2D eigenvalue weighted by Crippen LogP contribution is -1.99. The number of pyridine rings is 1. The summed E-state index contributed by atoms with van der Waals surface area (Å²) < 4.78 is 5.41. The van der Waals surface area contributed by atoms with Gasteiger partial charge in [0.25, 0.3) is 0 Å². The third kappa shape index (κ3) is 3.75. The summed E-state index contributed by atoms with van der Waals surface area (Å²) in [5, 5.41) is 8.79. The summed E-state index contributed by atoms with van der Waals surface area (Å²) in [5.41, 5.74) is 0.811. The van der Waals surface area contributed by atoms with Gasteiger partial charge in [0, 0.05) is 12.3 Å². The number of nitrogens with zero attached hydrogens (tertiary/aromatic N) is 1. The highest BCUT2D eigenvalue weighted by Crippen LogP contribution is 2.08. The smallest absolute Gasteiger partial charge is 0.213 e. The van der Waals surface area contributed by atoms with E-state index in [0.717, 1.165) is 18.6 Å². The molecule has 1 aromatic heterocycles. The molecule has 3 nitrogen and oxygen atoms in total. The van der Waals surface area contributed by atoms with Crippen molar-refractivity contribution in [1.82, 2.24) is 4.98 Å². The molecule has 0 saturated heterocycles. The lowest BCUT2D eigenvalue weighted by molar-refractivity contribution is 0.278. The van der Waals surface area contributed by atoms with Crippen LogP contribution in [0, 0.1) is 0 Å². The Hall–Kier alpha value is -1.09. The van der Waals surface area contributed by atoms with Crippen LogP contribution in [0.1, 0.15) is 31.7 Å². The fourth-order valence-electron chi connectivity index (χ4n) is 1.12.